The van der Waals surface area contributed by atoms with E-state index in [0.717, 1.165) is 37.7 Å². The number of benzene rings is 1. The van der Waals surface area contributed by atoms with Gasteiger partial charge in [0, 0.05) is 19.6 Å². The maximum absolute atomic E-state index is 10.7. The van der Waals surface area contributed by atoms with E-state index in [1.165, 1.54) is 0 Å². The second-order valence-electron chi connectivity index (χ2n) is 5.28. The Morgan fingerprint density at radius 1 is 1.29 bits per heavy atom. The molecule has 21 heavy (non-hydrogen) atoms. The molecule has 1 aliphatic heterocycles. The Morgan fingerprint density at radius 2 is 2.14 bits per heavy atom. The molecule has 0 amide bonds. The predicted molar refractivity (Wildman–Crippen MR) is 79.9 cm³/mol. The minimum atomic E-state index is -0.155. The molecule has 1 fully saturated rings. The monoisotopic (exact) mass is 292 g/mol. The van der Waals surface area contributed by atoms with E-state index in [1.54, 1.807) is 0 Å². The molecule has 1 aromatic rings. The van der Waals surface area contributed by atoms with Crippen molar-refractivity contribution in [3.05, 3.63) is 35.9 Å². The van der Waals surface area contributed by atoms with Crippen LogP contribution in [0.4, 0.5) is 0 Å². The van der Waals surface area contributed by atoms with Crippen LogP contribution in [0, 0.1) is 0 Å². The number of carbonyl (C=O) groups excluding carboxylic acids is 1. The first kappa shape index (κ1) is 16.1. The van der Waals surface area contributed by atoms with Gasteiger partial charge in [-0.3, -0.25) is 0 Å². The van der Waals surface area contributed by atoms with E-state index >= 15 is 0 Å². The number of rotatable bonds is 9. The van der Waals surface area contributed by atoms with Crippen LogP contribution in [0.2, 0.25) is 0 Å². The van der Waals surface area contributed by atoms with Gasteiger partial charge in [0.15, 0.2) is 6.29 Å². The molecule has 0 spiro atoms. The standard InChI is InChI=1S/C17H24O4/c18-11-9-16(21-17-8-4-5-12-20-17)10-13-19-14-15-6-2-1-3-7-15/h1-3,6-7,11,16-17H,4-5,8-10,12-14H2/t16-,17?/m1/s1. The summed E-state index contributed by atoms with van der Waals surface area (Å²) in [6.45, 7) is 1.93. The van der Waals surface area contributed by atoms with Gasteiger partial charge in [0.05, 0.1) is 12.7 Å². The fourth-order valence-corrected chi connectivity index (χ4v) is 2.36. The lowest BCUT2D eigenvalue weighted by Crippen LogP contribution is -2.29. The number of carbonyl (C=O) groups is 1. The highest BCUT2D eigenvalue weighted by Crippen LogP contribution is 2.17. The van der Waals surface area contributed by atoms with Gasteiger partial charge in [-0.25, -0.2) is 0 Å². The molecule has 1 heterocycles. The topological polar surface area (TPSA) is 44.8 Å². The van der Waals surface area contributed by atoms with Crippen molar-refractivity contribution in [2.24, 2.45) is 0 Å². The third kappa shape index (κ3) is 6.38. The molecule has 1 aromatic carbocycles. The minimum absolute atomic E-state index is 0.110. The Hall–Kier alpha value is -1.23. The van der Waals surface area contributed by atoms with Crippen molar-refractivity contribution >= 4 is 6.29 Å². The highest BCUT2D eigenvalue weighted by molar-refractivity contribution is 5.50. The molecule has 4 heteroatoms. The Bertz CT molecular complexity index is 387. The molecule has 0 radical (unpaired) electrons. The van der Waals surface area contributed by atoms with Crippen molar-refractivity contribution in [3.8, 4) is 0 Å². The summed E-state index contributed by atoms with van der Waals surface area (Å²) in [5.74, 6) is 0. The maximum atomic E-state index is 10.7. The van der Waals surface area contributed by atoms with Gasteiger partial charge >= 0.3 is 0 Å². The molecule has 0 aliphatic carbocycles. The molecule has 0 saturated carbocycles. The number of ether oxygens (including phenoxy) is 3. The molecular formula is C17H24O4. The van der Waals surface area contributed by atoms with Crippen LogP contribution in [0.5, 0.6) is 0 Å². The van der Waals surface area contributed by atoms with Crippen LogP contribution in [-0.4, -0.2) is 31.9 Å². The lowest BCUT2D eigenvalue weighted by atomic mass is 10.2. The molecule has 116 valence electrons. The van der Waals surface area contributed by atoms with Crippen molar-refractivity contribution in [2.45, 2.75) is 51.1 Å². The van der Waals surface area contributed by atoms with E-state index in [-0.39, 0.29) is 12.4 Å². The molecule has 0 aromatic heterocycles. The van der Waals surface area contributed by atoms with Crippen LogP contribution < -0.4 is 0 Å². The second-order valence-corrected chi connectivity index (χ2v) is 5.28. The zero-order chi connectivity index (χ0) is 14.8. The van der Waals surface area contributed by atoms with Gasteiger partial charge in [0.25, 0.3) is 0 Å². The summed E-state index contributed by atoms with van der Waals surface area (Å²) in [4.78, 5) is 10.7. The zero-order valence-corrected chi connectivity index (χ0v) is 12.4. The van der Waals surface area contributed by atoms with Crippen molar-refractivity contribution in [1.82, 2.24) is 0 Å². The Labute approximate surface area is 126 Å². The molecule has 1 aliphatic rings. The molecule has 0 bridgehead atoms. The lowest BCUT2D eigenvalue weighted by molar-refractivity contribution is -0.191. The summed E-state index contributed by atoms with van der Waals surface area (Å²) in [7, 11) is 0. The fourth-order valence-electron chi connectivity index (χ4n) is 2.36. The van der Waals surface area contributed by atoms with Crippen LogP contribution in [0.3, 0.4) is 0 Å². The SMILES string of the molecule is O=CC[C@H](CCOCc1ccccc1)OC1CCCCO1. The van der Waals surface area contributed by atoms with Crippen molar-refractivity contribution in [1.29, 1.82) is 0 Å². The second kappa shape index (κ2) is 9.66. The summed E-state index contributed by atoms with van der Waals surface area (Å²) < 4.78 is 17.1. The van der Waals surface area contributed by atoms with E-state index in [4.69, 9.17) is 14.2 Å². The lowest BCUT2D eigenvalue weighted by Gasteiger charge is -2.27. The van der Waals surface area contributed by atoms with E-state index in [0.29, 0.717) is 26.1 Å². The fraction of sp³-hybridized carbons (Fsp3) is 0.588. The van der Waals surface area contributed by atoms with Gasteiger partial charge < -0.3 is 19.0 Å². The third-order valence-electron chi connectivity index (χ3n) is 3.54. The average molecular weight is 292 g/mol. The number of aldehydes is 1. The molecule has 2 atom stereocenters. The van der Waals surface area contributed by atoms with Crippen molar-refractivity contribution in [2.75, 3.05) is 13.2 Å². The summed E-state index contributed by atoms with van der Waals surface area (Å²) in [6, 6.07) is 10.1. The normalized spacial score (nSPS) is 20.1. The van der Waals surface area contributed by atoms with Crippen molar-refractivity contribution in [3.63, 3.8) is 0 Å². The number of hydrogen-bond donors (Lipinski definition) is 0. The molecule has 1 saturated heterocycles. The highest BCUT2D eigenvalue weighted by atomic mass is 16.7. The predicted octanol–water partition coefficient (Wildman–Crippen LogP) is 3.09. The molecule has 1 unspecified atom stereocenters. The third-order valence-corrected chi connectivity index (χ3v) is 3.54. The van der Waals surface area contributed by atoms with Crippen LogP contribution in [0.15, 0.2) is 30.3 Å². The van der Waals surface area contributed by atoms with Gasteiger partial charge in [0.1, 0.15) is 6.29 Å². The quantitative estimate of drug-likeness (QED) is 0.518. The van der Waals surface area contributed by atoms with Crippen LogP contribution in [-0.2, 0) is 25.6 Å². The highest BCUT2D eigenvalue weighted by Gasteiger charge is 2.19. The summed E-state index contributed by atoms with van der Waals surface area (Å²) >= 11 is 0. The van der Waals surface area contributed by atoms with Gasteiger partial charge in [-0.2, -0.15) is 0 Å². The van der Waals surface area contributed by atoms with Crippen LogP contribution in [0.25, 0.3) is 0 Å². The summed E-state index contributed by atoms with van der Waals surface area (Å²) in [6.07, 6.45) is 4.89. The van der Waals surface area contributed by atoms with E-state index < -0.39 is 0 Å². The summed E-state index contributed by atoms with van der Waals surface area (Å²) in [5.41, 5.74) is 1.15. The molecule has 0 N–H and O–H groups in total. The zero-order valence-electron chi connectivity index (χ0n) is 12.4. The van der Waals surface area contributed by atoms with Gasteiger partial charge in [-0.1, -0.05) is 30.3 Å². The number of hydrogen-bond acceptors (Lipinski definition) is 4. The minimum Gasteiger partial charge on any atom is -0.377 e. The van der Waals surface area contributed by atoms with Crippen LogP contribution in [0.1, 0.15) is 37.7 Å². The van der Waals surface area contributed by atoms with E-state index in [9.17, 15) is 4.79 Å². The van der Waals surface area contributed by atoms with E-state index in [1.807, 2.05) is 30.3 Å². The van der Waals surface area contributed by atoms with E-state index in [2.05, 4.69) is 0 Å². The Kier molecular flexibility index (Phi) is 7.43. The Balaban J connectivity index is 1.65. The van der Waals surface area contributed by atoms with Crippen LogP contribution >= 0.6 is 0 Å². The molecule has 4 nitrogen and oxygen atoms in total. The first-order valence-corrected chi connectivity index (χ1v) is 7.71. The molecular weight excluding hydrogens is 268 g/mol. The van der Waals surface area contributed by atoms with Gasteiger partial charge in [-0.05, 0) is 31.2 Å². The first-order chi connectivity index (χ1) is 10.4. The van der Waals surface area contributed by atoms with Gasteiger partial charge in [-0.15, -0.1) is 0 Å². The average Bonchev–Trinajstić information content (AvgIpc) is 2.54. The maximum Gasteiger partial charge on any atom is 0.157 e. The van der Waals surface area contributed by atoms with Crippen molar-refractivity contribution < 1.29 is 19.0 Å². The first-order valence-electron chi connectivity index (χ1n) is 7.71. The molecule has 2 rings (SSSR count). The summed E-state index contributed by atoms with van der Waals surface area (Å²) in [5, 5.41) is 0. The smallest absolute Gasteiger partial charge is 0.157 e. The largest absolute Gasteiger partial charge is 0.377 e. The Morgan fingerprint density at radius 3 is 2.86 bits per heavy atom. The van der Waals surface area contributed by atoms with Gasteiger partial charge in [0.2, 0.25) is 0 Å².